The predicted octanol–water partition coefficient (Wildman–Crippen LogP) is 3.53. The molecule has 0 aliphatic carbocycles. The first kappa shape index (κ1) is 17.6. The highest BCUT2D eigenvalue weighted by Crippen LogP contribution is 2.26. The van der Waals surface area contributed by atoms with E-state index in [9.17, 15) is 4.79 Å². The molecule has 3 aromatic rings. The number of furan rings is 1. The quantitative estimate of drug-likeness (QED) is 0.666. The van der Waals surface area contributed by atoms with Crippen molar-refractivity contribution in [2.45, 2.75) is 23.9 Å². The van der Waals surface area contributed by atoms with Gasteiger partial charge in [0.2, 0.25) is 5.91 Å². The van der Waals surface area contributed by atoms with E-state index in [1.165, 1.54) is 11.8 Å². The third kappa shape index (κ3) is 4.05. The van der Waals surface area contributed by atoms with Gasteiger partial charge in [-0.25, -0.2) is 0 Å². The summed E-state index contributed by atoms with van der Waals surface area (Å²) in [4.78, 5) is 12.3. The number of nitrogens with one attached hydrogen (secondary N) is 1. The molecular formula is C17H17ClN4O2S. The molecule has 0 saturated heterocycles. The number of benzene rings is 1. The van der Waals surface area contributed by atoms with E-state index in [0.29, 0.717) is 28.3 Å². The molecule has 1 amide bonds. The van der Waals surface area contributed by atoms with E-state index >= 15 is 0 Å². The molecule has 0 spiro atoms. The molecule has 25 heavy (non-hydrogen) atoms. The van der Waals surface area contributed by atoms with Crippen molar-refractivity contribution in [1.82, 2.24) is 20.1 Å². The van der Waals surface area contributed by atoms with Crippen LogP contribution in [-0.2, 0) is 18.4 Å². The highest BCUT2D eigenvalue weighted by atomic mass is 35.5. The molecule has 0 radical (unpaired) electrons. The molecule has 0 fully saturated rings. The van der Waals surface area contributed by atoms with Gasteiger partial charge in [-0.15, -0.1) is 10.2 Å². The molecule has 0 aliphatic rings. The van der Waals surface area contributed by atoms with Crippen molar-refractivity contribution in [3.63, 3.8) is 0 Å². The molecule has 1 unspecified atom stereocenters. The highest BCUT2D eigenvalue weighted by molar-refractivity contribution is 8.00. The molecule has 0 aliphatic heterocycles. The molecule has 2 aromatic heterocycles. The standard InChI is InChI=1S/C17H17ClN4O2S/c1-11(16(23)19-10-12-6-3-4-7-13(12)18)25-17-21-20-15(22(17)2)14-8-5-9-24-14/h3-9,11H,10H2,1-2H3,(H,19,23). The van der Waals surface area contributed by atoms with Gasteiger partial charge < -0.3 is 14.3 Å². The number of carbonyl (C=O) groups is 1. The number of amides is 1. The lowest BCUT2D eigenvalue weighted by Crippen LogP contribution is -2.30. The molecule has 2 heterocycles. The minimum Gasteiger partial charge on any atom is -0.461 e. The van der Waals surface area contributed by atoms with Gasteiger partial charge in [0.15, 0.2) is 16.7 Å². The lowest BCUT2D eigenvalue weighted by Gasteiger charge is -2.12. The third-order valence-corrected chi connectivity index (χ3v) is 5.14. The summed E-state index contributed by atoms with van der Waals surface area (Å²) in [7, 11) is 1.84. The normalized spacial score (nSPS) is 12.1. The van der Waals surface area contributed by atoms with E-state index in [1.54, 1.807) is 23.0 Å². The SMILES string of the molecule is CC(Sc1nnc(-c2ccco2)n1C)C(=O)NCc1ccccc1Cl. The van der Waals surface area contributed by atoms with Gasteiger partial charge in [0.05, 0.1) is 11.5 Å². The Bertz CT molecular complexity index is 863. The number of hydrogen-bond donors (Lipinski definition) is 1. The van der Waals surface area contributed by atoms with Crippen LogP contribution in [0.25, 0.3) is 11.6 Å². The maximum absolute atomic E-state index is 12.3. The first-order valence-corrected chi connectivity index (χ1v) is 8.93. The first-order chi connectivity index (χ1) is 12.1. The van der Waals surface area contributed by atoms with Crippen LogP contribution in [0, 0.1) is 0 Å². The lowest BCUT2D eigenvalue weighted by atomic mass is 10.2. The zero-order valence-electron chi connectivity index (χ0n) is 13.8. The Morgan fingerprint density at radius 1 is 1.32 bits per heavy atom. The predicted molar refractivity (Wildman–Crippen MR) is 97.3 cm³/mol. The van der Waals surface area contributed by atoms with E-state index in [0.717, 1.165) is 5.56 Å². The summed E-state index contributed by atoms with van der Waals surface area (Å²) in [5, 5.41) is 12.1. The molecule has 1 atom stereocenters. The van der Waals surface area contributed by atoms with Crippen molar-refractivity contribution in [3.05, 3.63) is 53.2 Å². The molecule has 1 N–H and O–H groups in total. The van der Waals surface area contributed by atoms with Gasteiger partial charge in [0.25, 0.3) is 0 Å². The van der Waals surface area contributed by atoms with Crippen LogP contribution in [0.5, 0.6) is 0 Å². The maximum Gasteiger partial charge on any atom is 0.233 e. The van der Waals surface area contributed by atoms with Crippen LogP contribution in [0.3, 0.4) is 0 Å². The van der Waals surface area contributed by atoms with E-state index < -0.39 is 0 Å². The summed E-state index contributed by atoms with van der Waals surface area (Å²) in [6.07, 6.45) is 1.58. The number of hydrogen-bond acceptors (Lipinski definition) is 5. The van der Waals surface area contributed by atoms with Crippen molar-refractivity contribution in [2.75, 3.05) is 0 Å². The molecule has 3 rings (SSSR count). The van der Waals surface area contributed by atoms with Crippen LogP contribution in [0.15, 0.2) is 52.2 Å². The minimum absolute atomic E-state index is 0.0903. The Kier molecular flexibility index (Phi) is 5.45. The van der Waals surface area contributed by atoms with Crippen LogP contribution < -0.4 is 5.32 Å². The van der Waals surface area contributed by atoms with E-state index in [4.69, 9.17) is 16.0 Å². The Balaban J connectivity index is 1.61. The van der Waals surface area contributed by atoms with Crippen molar-refractivity contribution in [3.8, 4) is 11.6 Å². The molecule has 8 heteroatoms. The second-order valence-corrected chi connectivity index (χ2v) is 7.13. The van der Waals surface area contributed by atoms with Crippen LogP contribution in [0.1, 0.15) is 12.5 Å². The monoisotopic (exact) mass is 376 g/mol. The molecule has 0 saturated carbocycles. The van der Waals surface area contributed by atoms with Gasteiger partial charge in [0.1, 0.15) is 0 Å². The summed E-state index contributed by atoms with van der Waals surface area (Å²) >= 11 is 7.44. The second-order valence-electron chi connectivity index (χ2n) is 5.41. The summed E-state index contributed by atoms with van der Waals surface area (Å²) in [5.41, 5.74) is 0.883. The minimum atomic E-state index is -0.324. The van der Waals surface area contributed by atoms with Gasteiger partial charge in [-0.05, 0) is 30.7 Å². The molecule has 130 valence electrons. The topological polar surface area (TPSA) is 73.0 Å². The van der Waals surface area contributed by atoms with Crippen molar-refractivity contribution in [1.29, 1.82) is 0 Å². The number of nitrogens with zero attached hydrogens (tertiary/aromatic N) is 3. The molecular weight excluding hydrogens is 360 g/mol. The fourth-order valence-corrected chi connectivity index (χ4v) is 3.26. The van der Waals surface area contributed by atoms with E-state index in [-0.39, 0.29) is 11.2 Å². The van der Waals surface area contributed by atoms with Gasteiger partial charge >= 0.3 is 0 Å². The molecule has 0 bridgehead atoms. The number of rotatable bonds is 6. The highest BCUT2D eigenvalue weighted by Gasteiger charge is 2.20. The van der Waals surface area contributed by atoms with Gasteiger partial charge in [-0.3, -0.25) is 4.79 Å². The smallest absolute Gasteiger partial charge is 0.233 e. The summed E-state index contributed by atoms with van der Waals surface area (Å²) in [5.74, 6) is 1.17. The fourth-order valence-electron chi connectivity index (χ4n) is 2.22. The van der Waals surface area contributed by atoms with Crippen molar-refractivity contribution < 1.29 is 9.21 Å². The van der Waals surface area contributed by atoms with Gasteiger partial charge in [-0.2, -0.15) is 0 Å². The number of halogens is 1. The maximum atomic E-state index is 12.3. The number of aromatic nitrogens is 3. The summed E-state index contributed by atoms with van der Waals surface area (Å²) < 4.78 is 7.15. The van der Waals surface area contributed by atoms with E-state index in [2.05, 4.69) is 15.5 Å². The van der Waals surface area contributed by atoms with Crippen LogP contribution in [0.2, 0.25) is 5.02 Å². The summed E-state index contributed by atoms with van der Waals surface area (Å²) in [6.45, 7) is 2.22. The van der Waals surface area contributed by atoms with Crippen molar-refractivity contribution >= 4 is 29.3 Å². The zero-order chi connectivity index (χ0) is 17.8. The molecule has 1 aromatic carbocycles. The Morgan fingerprint density at radius 3 is 2.84 bits per heavy atom. The van der Waals surface area contributed by atoms with E-state index in [1.807, 2.05) is 38.2 Å². The van der Waals surface area contributed by atoms with Gasteiger partial charge in [-0.1, -0.05) is 41.6 Å². The average molecular weight is 377 g/mol. The second kappa shape index (κ2) is 7.76. The largest absolute Gasteiger partial charge is 0.461 e. The van der Waals surface area contributed by atoms with Crippen LogP contribution >= 0.6 is 23.4 Å². The zero-order valence-corrected chi connectivity index (χ0v) is 15.3. The van der Waals surface area contributed by atoms with Gasteiger partial charge in [0, 0.05) is 18.6 Å². The number of carbonyl (C=O) groups excluding carboxylic acids is 1. The van der Waals surface area contributed by atoms with Crippen molar-refractivity contribution in [2.24, 2.45) is 7.05 Å². The third-order valence-electron chi connectivity index (χ3n) is 3.64. The fraction of sp³-hybridized carbons (Fsp3) is 0.235. The lowest BCUT2D eigenvalue weighted by molar-refractivity contribution is -0.120. The Labute approximate surface area is 154 Å². The Morgan fingerprint density at radius 2 is 2.12 bits per heavy atom. The first-order valence-electron chi connectivity index (χ1n) is 7.67. The van der Waals surface area contributed by atoms with Crippen LogP contribution in [0.4, 0.5) is 0 Å². The number of thioether (sulfide) groups is 1. The summed E-state index contributed by atoms with van der Waals surface area (Å²) in [6, 6.07) is 11.0. The Hall–Kier alpha value is -2.25. The molecule has 6 nitrogen and oxygen atoms in total. The average Bonchev–Trinajstić information content (AvgIpc) is 3.24. The van der Waals surface area contributed by atoms with Crippen LogP contribution in [-0.4, -0.2) is 25.9 Å².